The van der Waals surface area contributed by atoms with E-state index in [0.29, 0.717) is 0 Å². The molecule has 0 saturated heterocycles. The number of nitrogens with zero attached hydrogens (tertiary/aromatic N) is 3. The van der Waals surface area contributed by atoms with Crippen LogP contribution in [0.3, 0.4) is 0 Å². The summed E-state index contributed by atoms with van der Waals surface area (Å²) in [7, 11) is 0. The van der Waals surface area contributed by atoms with Gasteiger partial charge in [-0.25, -0.2) is 4.98 Å². The molecule has 1 atom stereocenters. The van der Waals surface area contributed by atoms with Crippen molar-refractivity contribution in [3.63, 3.8) is 0 Å². The molecule has 0 bridgehead atoms. The van der Waals surface area contributed by atoms with Gasteiger partial charge in [0.05, 0.1) is 12.2 Å². The minimum Gasteiger partial charge on any atom is -0.342 e. The van der Waals surface area contributed by atoms with Crippen LogP contribution < -0.4 is 5.32 Å². The van der Waals surface area contributed by atoms with Crippen molar-refractivity contribution in [2.24, 2.45) is 0 Å². The average molecular weight is 237 g/mol. The van der Waals surface area contributed by atoms with Crippen LogP contribution in [0.1, 0.15) is 34.2 Å². The molecule has 0 saturated carbocycles. The fraction of sp³-hybridized carbons (Fsp3) is 0.333. The molecule has 0 aromatic carbocycles. The highest BCUT2D eigenvalue weighted by atomic mass is 32.1. The molecule has 0 spiro atoms. The second kappa shape index (κ2) is 4.40. The fourth-order valence-corrected chi connectivity index (χ4v) is 2.02. The van der Waals surface area contributed by atoms with Crippen LogP contribution in [-0.4, -0.2) is 26.3 Å². The molecule has 2 rings (SSSR count). The maximum absolute atomic E-state index is 11.6. The lowest BCUT2D eigenvalue weighted by molar-refractivity contribution is 0.0934. The number of aromatic amines is 1. The number of aryl methyl sites for hydroxylation is 1. The molecule has 0 fully saturated rings. The van der Waals surface area contributed by atoms with Gasteiger partial charge in [0.25, 0.3) is 5.91 Å². The number of carbonyl (C=O) groups excluding carboxylic acids is 1. The van der Waals surface area contributed by atoms with Gasteiger partial charge >= 0.3 is 0 Å². The highest BCUT2D eigenvalue weighted by Crippen LogP contribution is 2.17. The summed E-state index contributed by atoms with van der Waals surface area (Å²) in [6, 6.07) is -0.122. The number of thiazole rings is 1. The normalized spacial score (nSPS) is 12.4. The zero-order valence-electron chi connectivity index (χ0n) is 8.89. The summed E-state index contributed by atoms with van der Waals surface area (Å²) >= 11 is 1.53. The van der Waals surface area contributed by atoms with Gasteiger partial charge in [0.2, 0.25) is 0 Å². The van der Waals surface area contributed by atoms with Crippen LogP contribution in [0.25, 0.3) is 0 Å². The van der Waals surface area contributed by atoms with Crippen LogP contribution in [0.5, 0.6) is 0 Å². The van der Waals surface area contributed by atoms with Crippen molar-refractivity contribution < 1.29 is 4.79 Å². The Morgan fingerprint density at radius 3 is 3.00 bits per heavy atom. The van der Waals surface area contributed by atoms with Gasteiger partial charge in [-0.1, -0.05) is 0 Å². The van der Waals surface area contributed by atoms with Gasteiger partial charge in [0.15, 0.2) is 5.69 Å². The standard InChI is InChI=1S/C9H11N5OS/c1-5-4-16-9(11-5)6(2)12-8(15)7-3-10-14-13-7/h3-4,6H,1-2H3,(H,12,15)(H,10,13,14). The van der Waals surface area contributed by atoms with Crippen LogP contribution >= 0.6 is 11.3 Å². The molecule has 2 N–H and O–H groups in total. The predicted molar refractivity (Wildman–Crippen MR) is 59.1 cm³/mol. The van der Waals surface area contributed by atoms with Gasteiger partial charge in [-0.3, -0.25) is 4.79 Å². The van der Waals surface area contributed by atoms with Gasteiger partial charge in [-0.05, 0) is 13.8 Å². The zero-order chi connectivity index (χ0) is 11.5. The molecule has 84 valence electrons. The number of nitrogens with one attached hydrogen (secondary N) is 2. The molecule has 0 radical (unpaired) electrons. The Morgan fingerprint density at radius 1 is 1.62 bits per heavy atom. The van der Waals surface area contributed by atoms with Crippen LogP contribution in [0.15, 0.2) is 11.6 Å². The smallest absolute Gasteiger partial charge is 0.274 e. The third-order valence-electron chi connectivity index (χ3n) is 2.00. The van der Waals surface area contributed by atoms with E-state index in [1.807, 2.05) is 19.2 Å². The van der Waals surface area contributed by atoms with Crippen LogP contribution in [0, 0.1) is 6.92 Å². The van der Waals surface area contributed by atoms with Crippen LogP contribution in [0.4, 0.5) is 0 Å². The summed E-state index contributed by atoms with van der Waals surface area (Å²) in [5, 5.41) is 15.3. The zero-order valence-corrected chi connectivity index (χ0v) is 9.71. The van der Waals surface area contributed by atoms with E-state index in [4.69, 9.17) is 0 Å². The lowest BCUT2D eigenvalue weighted by Crippen LogP contribution is -2.26. The number of rotatable bonds is 3. The SMILES string of the molecule is Cc1csc(C(C)NC(=O)c2cn[nH]n2)n1. The first-order valence-electron chi connectivity index (χ1n) is 4.75. The Bertz CT molecular complexity index is 478. The second-order valence-electron chi connectivity index (χ2n) is 3.38. The summed E-state index contributed by atoms with van der Waals surface area (Å²) in [5.74, 6) is -0.255. The first-order valence-corrected chi connectivity index (χ1v) is 5.63. The molecule has 2 heterocycles. The molecule has 0 aliphatic heterocycles. The maximum Gasteiger partial charge on any atom is 0.274 e. The number of H-pyrrole nitrogens is 1. The largest absolute Gasteiger partial charge is 0.342 e. The third kappa shape index (κ3) is 2.25. The topological polar surface area (TPSA) is 83.6 Å². The number of carbonyl (C=O) groups is 1. The van der Waals surface area contributed by atoms with Gasteiger partial charge in [-0.15, -0.1) is 11.3 Å². The Balaban J connectivity index is 2.03. The third-order valence-corrected chi connectivity index (χ3v) is 3.15. The minimum atomic E-state index is -0.255. The summed E-state index contributed by atoms with van der Waals surface area (Å²) in [4.78, 5) is 15.9. The van der Waals surface area contributed by atoms with E-state index in [-0.39, 0.29) is 17.6 Å². The second-order valence-corrected chi connectivity index (χ2v) is 4.27. The first kappa shape index (κ1) is 10.7. The summed E-state index contributed by atoms with van der Waals surface area (Å²) in [6.45, 7) is 3.81. The van der Waals surface area contributed by atoms with E-state index in [1.54, 1.807) is 0 Å². The number of hydrogen-bond acceptors (Lipinski definition) is 5. The monoisotopic (exact) mass is 237 g/mol. The lowest BCUT2D eigenvalue weighted by atomic mass is 10.3. The molecule has 2 aromatic rings. The van der Waals surface area contributed by atoms with Crippen LogP contribution in [-0.2, 0) is 0 Å². The van der Waals surface area contributed by atoms with Crippen molar-refractivity contribution in [2.45, 2.75) is 19.9 Å². The van der Waals surface area contributed by atoms with Crippen molar-refractivity contribution in [1.29, 1.82) is 0 Å². The van der Waals surface area contributed by atoms with Gasteiger partial charge < -0.3 is 5.32 Å². The van der Waals surface area contributed by atoms with E-state index >= 15 is 0 Å². The van der Waals surface area contributed by atoms with E-state index in [2.05, 4.69) is 25.7 Å². The molecular formula is C9H11N5OS. The van der Waals surface area contributed by atoms with Gasteiger partial charge in [0, 0.05) is 11.1 Å². The molecule has 7 heteroatoms. The Hall–Kier alpha value is -1.76. The summed E-state index contributed by atoms with van der Waals surface area (Å²) < 4.78 is 0. The molecule has 6 nitrogen and oxygen atoms in total. The van der Waals surface area contributed by atoms with Crippen molar-refractivity contribution in [3.05, 3.63) is 28.0 Å². The first-order chi connectivity index (χ1) is 7.66. The number of amides is 1. The molecule has 1 unspecified atom stereocenters. The lowest BCUT2D eigenvalue weighted by Gasteiger charge is -2.09. The molecule has 16 heavy (non-hydrogen) atoms. The molecular weight excluding hydrogens is 226 g/mol. The highest BCUT2D eigenvalue weighted by molar-refractivity contribution is 7.09. The number of aromatic nitrogens is 4. The predicted octanol–water partition coefficient (Wildman–Crippen LogP) is 1.06. The van der Waals surface area contributed by atoms with Crippen molar-refractivity contribution in [2.75, 3.05) is 0 Å². The minimum absolute atomic E-state index is 0.122. The molecule has 0 aliphatic rings. The van der Waals surface area contributed by atoms with Crippen molar-refractivity contribution in [3.8, 4) is 0 Å². The van der Waals surface area contributed by atoms with Gasteiger partial charge in [0.1, 0.15) is 5.01 Å². The van der Waals surface area contributed by atoms with Gasteiger partial charge in [-0.2, -0.15) is 15.4 Å². The quantitative estimate of drug-likeness (QED) is 0.836. The molecule has 0 aliphatic carbocycles. The van der Waals surface area contributed by atoms with E-state index in [9.17, 15) is 4.79 Å². The Morgan fingerprint density at radius 2 is 2.44 bits per heavy atom. The fourth-order valence-electron chi connectivity index (χ4n) is 1.21. The maximum atomic E-state index is 11.6. The van der Waals surface area contributed by atoms with Crippen LogP contribution in [0.2, 0.25) is 0 Å². The Kier molecular flexibility index (Phi) is 2.95. The van der Waals surface area contributed by atoms with E-state index in [0.717, 1.165) is 10.7 Å². The van der Waals surface area contributed by atoms with E-state index in [1.165, 1.54) is 17.5 Å². The molecule has 1 amide bonds. The average Bonchev–Trinajstić information content (AvgIpc) is 2.87. The van der Waals surface area contributed by atoms with Crippen molar-refractivity contribution >= 4 is 17.2 Å². The number of hydrogen-bond donors (Lipinski definition) is 2. The summed E-state index contributed by atoms with van der Waals surface area (Å²) in [6.07, 6.45) is 1.38. The highest BCUT2D eigenvalue weighted by Gasteiger charge is 2.15. The molecule has 2 aromatic heterocycles. The Labute approximate surface area is 96.1 Å². The van der Waals surface area contributed by atoms with Crippen molar-refractivity contribution in [1.82, 2.24) is 25.7 Å². The van der Waals surface area contributed by atoms with E-state index < -0.39 is 0 Å². The summed E-state index contributed by atoms with van der Waals surface area (Å²) in [5.41, 5.74) is 1.24.